The molecule has 0 unspecified atom stereocenters. The Kier molecular flexibility index (Phi) is 9.98. The molecule has 6 aromatic rings. The molecule has 0 saturated carbocycles. The number of ether oxygens (including phenoxy) is 1. The van der Waals surface area contributed by atoms with Crippen LogP contribution in [0.25, 0.3) is 31.8 Å². The molecule has 1 aliphatic rings. The van der Waals surface area contributed by atoms with Gasteiger partial charge in [-0.2, -0.15) is 0 Å². The summed E-state index contributed by atoms with van der Waals surface area (Å²) in [5.74, 6) is 0. The summed E-state index contributed by atoms with van der Waals surface area (Å²) in [6.45, 7) is 5.54. The van der Waals surface area contributed by atoms with Crippen molar-refractivity contribution in [1.82, 2.24) is 0 Å². The van der Waals surface area contributed by atoms with Gasteiger partial charge < -0.3 is 0 Å². The summed E-state index contributed by atoms with van der Waals surface area (Å²) in [4.78, 5) is 0. The van der Waals surface area contributed by atoms with Gasteiger partial charge in [0.25, 0.3) is 0 Å². The van der Waals surface area contributed by atoms with Crippen LogP contribution in [-0.2, 0) is 22.7 Å². The molecule has 1 nitrogen and oxygen atoms in total. The van der Waals surface area contributed by atoms with Crippen molar-refractivity contribution in [2.75, 3.05) is 13.2 Å². The number of hydrogen-bond acceptors (Lipinski definition) is 2. The molecule has 0 amide bonds. The van der Waals surface area contributed by atoms with Gasteiger partial charge in [0.1, 0.15) is 0 Å². The van der Waals surface area contributed by atoms with Crippen LogP contribution in [0, 0.1) is 4.37 Å². The molecule has 5 aromatic carbocycles. The van der Waals surface area contributed by atoms with Crippen LogP contribution in [0.1, 0.15) is 31.4 Å². The van der Waals surface area contributed by atoms with Gasteiger partial charge in [-0.05, 0) is 0 Å². The molecule has 0 aliphatic carbocycles. The average molecular weight is 835 g/mol. The zero-order valence-corrected chi connectivity index (χ0v) is 31.4. The molecule has 7 rings (SSSR count). The second kappa shape index (κ2) is 14.7. The molecule has 1 aliphatic heterocycles. The Morgan fingerprint density at radius 1 is 0.750 bits per heavy atom. The first-order valence-corrected chi connectivity index (χ1v) is 20.3. The second-order valence-electron chi connectivity index (χ2n) is 11.9. The molecule has 0 bridgehead atoms. The van der Waals surface area contributed by atoms with Crippen LogP contribution >= 0.6 is 18.6 Å². The second-order valence-corrected chi connectivity index (χ2v) is 17.0. The summed E-state index contributed by atoms with van der Waals surface area (Å²) >= 11 is 3.71. The Hall–Kier alpha value is -3.91. The molecule has 1 fully saturated rings. The molecule has 0 N–H and O–H groups in total. The van der Waals surface area contributed by atoms with Crippen molar-refractivity contribution in [2.45, 2.75) is 20.3 Å². The van der Waals surface area contributed by atoms with E-state index < -0.39 is 7.26 Å². The fraction of sp³-hybridized carbons (Fsp3) is 0.114. The van der Waals surface area contributed by atoms with Crippen molar-refractivity contribution in [2.24, 2.45) is 0 Å². The van der Waals surface area contributed by atoms with Crippen LogP contribution in [0.2, 0.25) is 0 Å². The van der Waals surface area contributed by atoms with Gasteiger partial charge in [-0.25, -0.2) is 0 Å². The number of rotatable bonds is 8. The quantitative estimate of drug-likeness (QED) is 0.139. The summed E-state index contributed by atoms with van der Waals surface area (Å²) < 4.78 is 12.6. The fourth-order valence-electron chi connectivity index (χ4n) is 6.83. The molecular weight excluding hydrogens is 798 g/mol. The van der Waals surface area contributed by atoms with Crippen molar-refractivity contribution in [3.63, 3.8) is 0 Å². The van der Waals surface area contributed by atoms with E-state index in [1.54, 1.807) is 0 Å². The monoisotopic (exact) mass is 836 g/mol. The Bertz CT molecular complexity index is 2160. The van der Waals surface area contributed by atoms with Gasteiger partial charge >= 0.3 is 300 Å². The molecule has 48 heavy (non-hydrogen) atoms. The van der Waals surface area contributed by atoms with E-state index in [9.17, 15) is 0 Å². The normalized spacial score (nSPS) is 15.9. The van der Waals surface area contributed by atoms with Crippen molar-refractivity contribution >= 4 is 66.3 Å². The van der Waals surface area contributed by atoms with E-state index >= 15 is 0 Å². The summed E-state index contributed by atoms with van der Waals surface area (Å²) in [5.41, 5.74) is 6.18. The Labute approximate surface area is 298 Å². The van der Waals surface area contributed by atoms with E-state index in [4.69, 9.17) is 4.74 Å². The Morgan fingerprint density at radius 3 is 1.88 bits per heavy atom. The van der Waals surface area contributed by atoms with Gasteiger partial charge in [0, 0.05) is 0 Å². The van der Waals surface area contributed by atoms with E-state index in [1.165, 1.54) is 69.2 Å². The number of fused-ring (bicyclic) bond motifs is 3. The van der Waals surface area contributed by atoms with Gasteiger partial charge in [-0.15, -0.1) is 0 Å². The van der Waals surface area contributed by atoms with Crippen molar-refractivity contribution in [1.29, 1.82) is 0 Å². The Balaban J connectivity index is 1.63. The average Bonchev–Trinajstić information content (AvgIpc) is 3.74. The van der Waals surface area contributed by atoms with E-state index in [2.05, 4.69) is 170 Å². The summed E-state index contributed by atoms with van der Waals surface area (Å²) in [6, 6.07) is 47.3. The van der Waals surface area contributed by atoms with Crippen LogP contribution < -0.4 is 15.9 Å². The van der Waals surface area contributed by atoms with Gasteiger partial charge in [0.05, 0.1) is 0 Å². The summed E-state index contributed by atoms with van der Waals surface area (Å²) in [6.07, 6.45) is 10.0. The number of benzene rings is 5. The zero-order chi connectivity index (χ0) is 32.9. The third kappa shape index (κ3) is 6.08. The molecular formula is C44H37OOsPS+. The fourth-order valence-corrected chi connectivity index (χ4v) is 13.7. The number of hydrogen-bond donors (Lipinski definition) is 0. The minimum atomic E-state index is -2.42. The standard InChI is InChI=1S/C44H37OPS.Os/c1-4-15-33-23-25-43-41(27-33)42-28-34(24-26-44(42)47-43)40(29-36-31-45-30-35(36)16-5-2)32(3)46(37-17-9-6-10-18-37,38-19-11-7-12-20-38)39-21-13-8-14-22-39;/h4,6-29H,5,30-31H2,1-2H3;/q+1;/b15-4+,35-16?,36-29?,40-32?;. The van der Waals surface area contributed by atoms with Crippen LogP contribution in [0.5, 0.6) is 0 Å². The van der Waals surface area contributed by atoms with E-state index in [0.717, 1.165) is 6.42 Å². The summed E-state index contributed by atoms with van der Waals surface area (Å²) in [5, 5.41) is 7.79. The number of allylic oxidation sites excluding steroid dienone is 5. The van der Waals surface area contributed by atoms with Gasteiger partial charge in [-0.3, -0.25) is 0 Å². The van der Waals surface area contributed by atoms with Crippen molar-refractivity contribution in [3.8, 4) is 4.37 Å². The van der Waals surface area contributed by atoms with Gasteiger partial charge in [0.2, 0.25) is 0 Å². The maximum absolute atomic E-state index is 6.09. The number of thiophene rings is 1. The SMILES string of the molecule is C/C=C/c1ccc2sc3ccc(C(C=C4COCC4=CCC)=C([C]#[Os])[P+](c4ccccc4)(c4ccccc4)c4ccccc4)cc3c2c1. The topological polar surface area (TPSA) is 9.23 Å². The van der Waals surface area contributed by atoms with E-state index in [0.29, 0.717) is 13.2 Å². The van der Waals surface area contributed by atoms with Crippen molar-refractivity contribution < 1.29 is 22.7 Å². The molecule has 237 valence electrons. The molecule has 0 radical (unpaired) electrons. The van der Waals surface area contributed by atoms with Crippen LogP contribution in [0.3, 0.4) is 0 Å². The van der Waals surface area contributed by atoms with Crippen molar-refractivity contribution in [3.05, 3.63) is 173 Å². The molecule has 4 heteroatoms. The molecule has 0 atom stereocenters. The first-order chi connectivity index (χ1) is 23.7. The predicted molar refractivity (Wildman–Crippen MR) is 207 cm³/mol. The van der Waals surface area contributed by atoms with Gasteiger partial charge in [0.15, 0.2) is 0 Å². The minimum absolute atomic E-state index is 0.610. The molecule has 1 aromatic heterocycles. The van der Waals surface area contributed by atoms with Crippen LogP contribution in [0.4, 0.5) is 0 Å². The zero-order valence-electron chi connectivity index (χ0n) is 27.2. The molecule has 2 heterocycles. The van der Waals surface area contributed by atoms with Gasteiger partial charge in [-0.1, -0.05) is 0 Å². The molecule has 1 saturated heterocycles. The third-order valence-electron chi connectivity index (χ3n) is 8.96. The first kappa shape index (κ1) is 32.6. The van der Waals surface area contributed by atoms with Crippen LogP contribution in [0.15, 0.2) is 162 Å². The maximum atomic E-state index is 6.09. The van der Waals surface area contributed by atoms with E-state index in [-0.39, 0.29) is 0 Å². The van der Waals surface area contributed by atoms with Crippen LogP contribution in [-0.4, -0.2) is 13.2 Å². The Morgan fingerprint density at radius 2 is 1.31 bits per heavy atom. The summed E-state index contributed by atoms with van der Waals surface area (Å²) in [7, 11) is -2.42. The first-order valence-electron chi connectivity index (χ1n) is 16.4. The molecule has 0 spiro atoms. The predicted octanol–water partition coefficient (Wildman–Crippen LogP) is 10.6. The third-order valence-corrected chi connectivity index (χ3v) is 15.5. The van der Waals surface area contributed by atoms with E-state index in [1.807, 2.05) is 29.3 Å².